The molecule has 1 aromatic carbocycles. The fraction of sp³-hybridized carbons (Fsp3) is 0.385. The first kappa shape index (κ1) is 16.6. The highest BCUT2D eigenvalue weighted by Gasteiger charge is 2.19. The van der Waals surface area contributed by atoms with Crippen molar-refractivity contribution in [3.63, 3.8) is 0 Å². The molecule has 0 aliphatic heterocycles. The molecule has 1 atom stereocenters. The predicted molar refractivity (Wildman–Crippen MR) is 79.6 cm³/mol. The number of nitrogens with one attached hydrogen (secondary N) is 2. The molecule has 20 heavy (non-hydrogen) atoms. The van der Waals surface area contributed by atoms with Gasteiger partial charge in [-0.25, -0.2) is 9.59 Å². The van der Waals surface area contributed by atoms with Gasteiger partial charge in [0.25, 0.3) is 0 Å². The van der Waals surface area contributed by atoms with Crippen LogP contribution in [-0.4, -0.2) is 23.1 Å². The summed E-state index contributed by atoms with van der Waals surface area (Å²) in [4.78, 5) is 22.8. The van der Waals surface area contributed by atoms with Crippen molar-refractivity contribution in [1.29, 1.82) is 0 Å². The van der Waals surface area contributed by atoms with Crippen molar-refractivity contribution in [3.8, 4) is 0 Å². The van der Waals surface area contributed by atoms with Crippen LogP contribution in [0.2, 0.25) is 10.0 Å². The third-order valence-corrected chi connectivity index (χ3v) is 3.01. The van der Waals surface area contributed by atoms with Crippen LogP contribution >= 0.6 is 23.2 Å². The fourth-order valence-electron chi connectivity index (χ4n) is 1.62. The van der Waals surface area contributed by atoms with Gasteiger partial charge in [-0.05, 0) is 24.6 Å². The summed E-state index contributed by atoms with van der Waals surface area (Å²) in [5.74, 6) is -1.06. The maximum Gasteiger partial charge on any atom is 0.326 e. The van der Waals surface area contributed by atoms with Crippen LogP contribution in [0.5, 0.6) is 0 Å². The molecule has 7 heteroatoms. The van der Waals surface area contributed by atoms with Crippen LogP contribution in [0.25, 0.3) is 0 Å². The van der Waals surface area contributed by atoms with E-state index in [0.29, 0.717) is 22.2 Å². The summed E-state index contributed by atoms with van der Waals surface area (Å²) in [5.41, 5.74) is 0.402. The van der Waals surface area contributed by atoms with Crippen LogP contribution in [0.15, 0.2) is 18.2 Å². The van der Waals surface area contributed by atoms with Crippen molar-refractivity contribution in [2.75, 3.05) is 5.32 Å². The Bertz CT molecular complexity index is 474. The normalized spacial score (nSPS) is 11.8. The van der Waals surface area contributed by atoms with Gasteiger partial charge in [0.1, 0.15) is 6.04 Å². The molecule has 5 nitrogen and oxygen atoms in total. The van der Waals surface area contributed by atoms with E-state index in [1.54, 1.807) is 0 Å². The van der Waals surface area contributed by atoms with E-state index in [1.165, 1.54) is 18.2 Å². The number of carbonyl (C=O) groups excluding carboxylic acids is 1. The average molecular weight is 319 g/mol. The standard InChI is InChI=1S/C13H16Cl2N2O3/c1-2-3-4-11(12(18)19)17-13(20)16-10-6-8(14)5-9(15)7-10/h5-7,11H,2-4H2,1H3,(H,18,19)(H2,16,17,20)/t11-/m0/s1. The molecular weight excluding hydrogens is 303 g/mol. The average Bonchev–Trinajstić information content (AvgIpc) is 2.32. The third-order valence-electron chi connectivity index (χ3n) is 2.57. The molecule has 0 unspecified atom stereocenters. The highest BCUT2D eigenvalue weighted by molar-refractivity contribution is 6.35. The lowest BCUT2D eigenvalue weighted by molar-refractivity contribution is -0.139. The third kappa shape index (κ3) is 5.67. The van der Waals surface area contributed by atoms with Crippen molar-refractivity contribution in [3.05, 3.63) is 28.2 Å². The minimum absolute atomic E-state index is 0.383. The second-order valence-electron chi connectivity index (χ2n) is 4.29. The Hall–Kier alpha value is -1.46. The number of amides is 2. The molecule has 0 aliphatic rings. The molecule has 0 fully saturated rings. The molecule has 0 spiro atoms. The number of halogens is 2. The summed E-state index contributed by atoms with van der Waals surface area (Å²) in [7, 11) is 0. The number of anilines is 1. The maximum absolute atomic E-state index is 11.7. The molecule has 1 rings (SSSR count). The van der Waals surface area contributed by atoms with Gasteiger partial charge in [-0.1, -0.05) is 43.0 Å². The first-order valence-electron chi connectivity index (χ1n) is 6.18. The van der Waals surface area contributed by atoms with E-state index in [-0.39, 0.29) is 0 Å². The topological polar surface area (TPSA) is 78.4 Å². The highest BCUT2D eigenvalue weighted by atomic mass is 35.5. The van der Waals surface area contributed by atoms with Gasteiger partial charge >= 0.3 is 12.0 Å². The second kappa shape index (κ2) is 7.97. The Morgan fingerprint density at radius 2 is 1.85 bits per heavy atom. The van der Waals surface area contributed by atoms with Crippen LogP contribution in [-0.2, 0) is 4.79 Å². The Morgan fingerprint density at radius 1 is 1.25 bits per heavy atom. The lowest BCUT2D eigenvalue weighted by atomic mass is 10.1. The summed E-state index contributed by atoms with van der Waals surface area (Å²) in [6.07, 6.45) is 1.97. The smallest absolute Gasteiger partial charge is 0.326 e. The minimum Gasteiger partial charge on any atom is -0.480 e. The molecule has 0 saturated heterocycles. The number of carboxylic acid groups (broad SMARTS) is 1. The van der Waals surface area contributed by atoms with Gasteiger partial charge in [-0.2, -0.15) is 0 Å². The molecule has 0 radical (unpaired) electrons. The van der Waals surface area contributed by atoms with E-state index < -0.39 is 18.0 Å². The molecule has 0 bridgehead atoms. The second-order valence-corrected chi connectivity index (χ2v) is 5.16. The predicted octanol–water partition coefficient (Wildman–Crippen LogP) is 3.76. The van der Waals surface area contributed by atoms with Crippen molar-refractivity contribution >= 4 is 40.9 Å². The first-order valence-corrected chi connectivity index (χ1v) is 6.94. The Morgan fingerprint density at radius 3 is 2.35 bits per heavy atom. The summed E-state index contributed by atoms with van der Waals surface area (Å²) in [6, 6.07) is 3.06. The lowest BCUT2D eigenvalue weighted by Crippen LogP contribution is -2.42. The minimum atomic E-state index is -1.06. The van der Waals surface area contributed by atoms with E-state index in [2.05, 4.69) is 10.6 Å². The quantitative estimate of drug-likeness (QED) is 0.747. The van der Waals surface area contributed by atoms with Crippen LogP contribution in [0.4, 0.5) is 10.5 Å². The summed E-state index contributed by atoms with van der Waals surface area (Å²) < 4.78 is 0. The zero-order valence-electron chi connectivity index (χ0n) is 11.0. The van der Waals surface area contributed by atoms with Crippen LogP contribution in [0, 0.1) is 0 Å². The fourth-order valence-corrected chi connectivity index (χ4v) is 2.14. The number of hydrogen-bond acceptors (Lipinski definition) is 2. The maximum atomic E-state index is 11.7. The number of benzene rings is 1. The zero-order chi connectivity index (χ0) is 15.1. The van der Waals surface area contributed by atoms with Gasteiger partial charge in [-0.3, -0.25) is 0 Å². The number of unbranched alkanes of at least 4 members (excludes halogenated alkanes) is 1. The van der Waals surface area contributed by atoms with Gasteiger partial charge in [0.2, 0.25) is 0 Å². The zero-order valence-corrected chi connectivity index (χ0v) is 12.5. The summed E-state index contributed by atoms with van der Waals surface area (Å²) in [6.45, 7) is 1.95. The van der Waals surface area contributed by atoms with Gasteiger partial charge in [0, 0.05) is 15.7 Å². The van der Waals surface area contributed by atoms with Gasteiger partial charge < -0.3 is 15.7 Å². The number of aliphatic carboxylic acids is 1. The molecular formula is C13H16Cl2N2O3. The number of rotatable bonds is 6. The lowest BCUT2D eigenvalue weighted by Gasteiger charge is -2.15. The van der Waals surface area contributed by atoms with E-state index in [1.807, 2.05) is 6.92 Å². The van der Waals surface area contributed by atoms with Gasteiger partial charge in [0.15, 0.2) is 0 Å². The SMILES string of the molecule is CCCC[C@H](NC(=O)Nc1cc(Cl)cc(Cl)c1)C(=O)O. The molecule has 0 aromatic heterocycles. The van der Waals surface area contributed by atoms with Gasteiger partial charge in [-0.15, -0.1) is 0 Å². The molecule has 0 aliphatic carbocycles. The van der Waals surface area contributed by atoms with E-state index in [0.717, 1.165) is 12.8 Å². The van der Waals surface area contributed by atoms with Crippen molar-refractivity contribution in [2.24, 2.45) is 0 Å². The molecule has 3 N–H and O–H groups in total. The number of carbonyl (C=O) groups is 2. The molecule has 0 heterocycles. The molecule has 1 aromatic rings. The molecule has 110 valence electrons. The van der Waals surface area contributed by atoms with Gasteiger partial charge in [0.05, 0.1) is 0 Å². The Kier molecular flexibility index (Phi) is 6.61. The number of hydrogen-bond donors (Lipinski definition) is 3. The van der Waals surface area contributed by atoms with E-state index >= 15 is 0 Å². The molecule has 0 saturated carbocycles. The van der Waals surface area contributed by atoms with Crippen LogP contribution < -0.4 is 10.6 Å². The van der Waals surface area contributed by atoms with Crippen molar-refractivity contribution in [1.82, 2.24) is 5.32 Å². The molecule has 2 amide bonds. The van der Waals surface area contributed by atoms with Crippen LogP contribution in [0.1, 0.15) is 26.2 Å². The highest BCUT2D eigenvalue weighted by Crippen LogP contribution is 2.22. The Labute approximate surface area is 127 Å². The first-order chi connectivity index (χ1) is 9.42. The number of urea groups is 1. The monoisotopic (exact) mass is 318 g/mol. The summed E-state index contributed by atoms with van der Waals surface area (Å²) in [5, 5.41) is 14.7. The van der Waals surface area contributed by atoms with Crippen molar-refractivity contribution in [2.45, 2.75) is 32.2 Å². The largest absolute Gasteiger partial charge is 0.480 e. The Balaban J connectivity index is 2.63. The van der Waals surface area contributed by atoms with E-state index in [4.69, 9.17) is 28.3 Å². The van der Waals surface area contributed by atoms with E-state index in [9.17, 15) is 9.59 Å². The van der Waals surface area contributed by atoms with Crippen LogP contribution in [0.3, 0.4) is 0 Å². The number of carboxylic acids is 1. The summed E-state index contributed by atoms with van der Waals surface area (Å²) >= 11 is 11.6. The van der Waals surface area contributed by atoms with Crippen molar-refractivity contribution < 1.29 is 14.7 Å².